The molecule has 15 heavy (non-hydrogen) atoms. The molecule has 0 amide bonds. The van der Waals surface area contributed by atoms with Gasteiger partial charge in [-0.25, -0.2) is 0 Å². The zero-order chi connectivity index (χ0) is 11.9. The van der Waals surface area contributed by atoms with E-state index >= 15 is 0 Å². The molecule has 0 aliphatic heterocycles. The highest BCUT2D eigenvalue weighted by Crippen LogP contribution is 2.38. The Kier molecular flexibility index (Phi) is 6.62. The zero-order valence-corrected chi connectivity index (χ0v) is 10.7. The van der Waals surface area contributed by atoms with Gasteiger partial charge in [-0.1, -0.05) is 53.4 Å². The van der Waals surface area contributed by atoms with Gasteiger partial charge in [-0.15, -0.1) is 0 Å². The topological polar surface area (TPSA) is 37.3 Å². The Morgan fingerprint density at radius 2 is 1.60 bits per heavy atom. The minimum absolute atomic E-state index is 0.332. The lowest BCUT2D eigenvalue weighted by molar-refractivity contribution is -0.138. The van der Waals surface area contributed by atoms with Crippen molar-refractivity contribution in [1.82, 2.24) is 0 Å². The molecule has 0 aliphatic carbocycles. The van der Waals surface area contributed by atoms with Crippen molar-refractivity contribution in [3.05, 3.63) is 0 Å². The van der Waals surface area contributed by atoms with E-state index in [4.69, 9.17) is 5.11 Å². The lowest BCUT2D eigenvalue weighted by Crippen LogP contribution is -2.23. The second-order valence-electron chi connectivity index (χ2n) is 4.64. The van der Waals surface area contributed by atoms with E-state index in [0.29, 0.717) is 17.8 Å². The molecule has 0 aromatic rings. The first-order valence-corrected chi connectivity index (χ1v) is 6.25. The van der Waals surface area contributed by atoms with Gasteiger partial charge in [0.2, 0.25) is 0 Å². The monoisotopic (exact) mass is 214 g/mol. The van der Waals surface area contributed by atoms with Crippen molar-refractivity contribution in [1.29, 1.82) is 0 Å². The lowest BCUT2D eigenvalue weighted by Gasteiger charge is -2.33. The molecule has 0 aromatic heterocycles. The van der Waals surface area contributed by atoms with E-state index < -0.39 is 5.97 Å². The molecule has 2 nitrogen and oxygen atoms in total. The maximum absolute atomic E-state index is 10.7. The Hall–Kier alpha value is -0.530. The highest BCUT2D eigenvalue weighted by molar-refractivity contribution is 5.67. The summed E-state index contributed by atoms with van der Waals surface area (Å²) in [5, 5.41) is 8.83. The quantitative estimate of drug-likeness (QED) is 0.660. The average molecular weight is 214 g/mol. The molecular weight excluding hydrogens is 188 g/mol. The Morgan fingerprint density at radius 1 is 1.13 bits per heavy atom. The molecule has 0 fully saturated rings. The van der Waals surface area contributed by atoms with E-state index in [9.17, 15) is 4.79 Å². The van der Waals surface area contributed by atoms with Crippen LogP contribution in [-0.4, -0.2) is 11.1 Å². The maximum Gasteiger partial charge on any atom is 0.303 e. The van der Waals surface area contributed by atoms with Crippen molar-refractivity contribution in [2.75, 3.05) is 0 Å². The van der Waals surface area contributed by atoms with Crippen LogP contribution in [0, 0.1) is 11.3 Å². The number of carbonyl (C=O) groups is 1. The van der Waals surface area contributed by atoms with Crippen LogP contribution in [0.2, 0.25) is 0 Å². The molecule has 1 atom stereocenters. The van der Waals surface area contributed by atoms with Crippen LogP contribution in [0.3, 0.4) is 0 Å². The standard InChI is InChI=1S/C13H26O2/c1-5-11(9-12(14)15)10-13(6-2,7-3)8-4/h11H,5-10H2,1-4H3,(H,14,15). The molecule has 90 valence electrons. The molecule has 0 aromatic carbocycles. The smallest absolute Gasteiger partial charge is 0.303 e. The number of carboxylic acid groups (broad SMARTS) is 1. The molecular formula is C13H26O2. The summed E-state index contributed by atoms with van der Waals surface area (Å²) in [7, 11) is 0. The Labute approximate surface area is 94.1 Å². The second kappa shape index (κ2) is 6.86. The van der Waals surface area contributed by atoms with E-state index in [1.54, 1.807) is 0 Å². The van der Waals surface area contributed by atoms with Crippen molar-refractivity contribution >= 4 is 5.97 Å². The maximum atomic E-state index is 10.7. The van der Waals surface area contributed by atoms with Gasteiger partial charge in [-0.3, -0.25) is 4.79 Å². The summed E-state index contributed by atoms with van der Waals surface area (Å²) in [6.07, 6.45) is 5.87. The Bertz CT molecular complexity index is 175. The molecule has 0 aliphatic rings. The van der Waals surface area contributed by atoms with Crippen LogP contribution in [-0.2, 0) is 4.79 Å². The van der Waals surface area contributed by atoms with Gasteiger partial charge in [0.05, 0.1) is 0 Å². The molecule has 0 bridgehead atoms. The van der Waals surface area contributed by atoms with Gasteiger partial charge in [-0.2, -0.15) is 0 Å². The predicted octanol–water partition coefficient (Wildman–Crippen LogP) is 4.09. The number of carboxylic acids is 1. The Morgan fingerprint density at radius 3 is 1.87 bits per heavy atom. The van der Waals surface area contributed by atoms with Gasteiger partial charge in [-0.05, 0) is 17.8 Å². The summed E-state index contributed by atoms with van der Waals surface area (Å²) < 4.78 is 0. The summed E-state index contributed by atoms with van der Waals surface area (Å²) in [5.74, 6) is -0.304. The van der Waals surface area contributed by atoms with Crippen LogP contribution in [0.4, 0.5) is 0 Å². The van der Waals surface area contributed by atoms with Gasteiger partial charge in [0.25, 0.3) is 0 Å². The van der Waals surface area contributed by atoms with E-state index in [1.165, 1.54) is 0 Å². The van der Waals surface area contributed by atoms with Crippen LogP contribution in [0.25, 0.3) is 0 Å². The molecule has 0 radical (unpaired) electrons. The van der Waals surface area contributed by atoms with Gasteiger partial charge in [0.15, 0.2) is 0 Å². The zero-order valence-electron chi connectivity index (χ0n) is 10.7. The first-order valence-electron chi connectivity index (χ1n) is 6.25. The van der Waals surface area contributed by atoms with Crippen LogP contribution in [0.1, 0.15) is 66.2 Å². The van der Waals surface area contributed by atoms with Gasteiger partial charge < -0.3 is 5.11 Å². The van der Waals surface area contributed by atoms with E-state index in [2.05, 4.69) is 27.7 Å². The summed E-state index contributed by atoms with van der Waals surface area (Å²) >= 11 is 0. The fourth-order valence-corrected chi connectivity index (χ4v) is 2.40. The minimum Gasteiger partial charge on any atom is -0.481 e. The fraction of sp³-hybridized carbons (Fsp3) is 0.923. The van der Waals surface area contributed by atoms with Crippen LogP contribution >= 0.6 is 0 Å². The highest BCUT2D eigenvalue weighted by atomic mass is 16.4. The van der Waals surface area contributed by atoms with Gasteiger partial charge in [0, 0.05) is 6.42 Å². The van der Waals surface area contributed by atoms with Crippen molar-refractivity contribution in [3.63, 3.8) is 0 Å². The molecule has 1 unspecified atom stereocenters. The van der Waals surface area contributed by atoms with Crippen molar-refractivity contribution in [2.45, 2.75) is 66.2 Å². The average Bonchev–Trinajstić information content (AvgIpc) is 2.24. The third-order valence-corrected chi connectivity index (χ3v) is 4.01. The number of hydrogen-bond acceptors (Lipinski definition) is 1. The third kappa shape index (κ3) is 4.67. The number of hydrogen-bond donors (Lipinski definition) is 1. The molecule has 0 saturated heterocycles. The van der Waals surface area contributed by atoms with Crippen molar-refractivity contribution < 1.29 is 9.90 Å². The SMILES string of the molecule is CCC(CC(=O)O)CC(CC)(CC)CC. The highest BCUT2D eigenvalue weighted by Gasteiger charge is 2.28. The molecule has 0 spiro atoms. The first kappa shape index (κ1) is 14.5. The van der Waals surface area contributed by atoms with Gasteiger partial charge in [0.1, 0.15) is 0 Å². The summed E-state index contributed by atoms with van der Waals surface area (Å²) in [6.45, 7) is 8.76. The fourth-order valence-electron chi connectivity index (χ4n) is 2.40. The molecule has 0 heterocycles. The van der Waals surface area contributed by atoms with E-state index in [-0.39, 0.29) is 0 Å². The van der Waals surface area contributed by atoms with Crippen LogP contribution < -0.4 is 0 Å². The summed E-state index contributed by atoms with van der Waals surface area (Å²) in [5.41, 5.74) is 0.371. The van der Waals surface area contributed by atoms with E-state index in [1.807, 2.05) is 0 Å². The van der Waals surface area contributed by atoms with Crippen molar-refractivity contribution in [2.24, 2.45) is 11.3 Å². The normalized spacial score (nSPS) is 13.9. The molecule has 0 saturated carbocycles. The van der Waals surface area contributed by atoms with Crippen molar-refractivity contribution in [3.8, 4) is 0 Å². The molecule has 0 rings (SSSR count). The lowest BCUT2D eigenvalue weighted by atomic mass is 9.72. The van der Waals surface area contributed by atoms with E-state index in [0.717, 1.165) is 32.1 Å². The second-order valence-corrected chi connectivity index (χ2v) is 4.64. The number of rotatable bonds is 8. The molecule has 1 N–H and O–H groups in total. The summed E-state index contributed by atoms with van der Waals surface area (Å²) in [6, 6.07) is 0. The molecule has 2 heteroatoms. The predicted molar refractivity (Wildman–Crippen MR) is 64.0 cm³/mol. The summed E-state index contributed by atoms with van der Waals surface area (Å²) in [4.78, 5) is 10.7. The Balaban J connectivity index is 4.40. The van der Waals surface area contributed by atoms with Gasteiger partial charge >= 0.3 is 5.97 Å². The largest absolute Gasteiger partial charge is 0.481 e. The van der Waals surface area contributed by atoms with Crippen LogP contribution in [0.5, 0.6) is 0 Å². The third-order valence-electron chi connectivity index (χ3n) is 4.01. The van der Waals surface area contributed by atoms with Crippen LogP contribution in [0.15, 0.2) is 0 Å². The number of aliphatic carboxylic acids is 1. The first-order chi connectivity index (χ1) is 7.03. The minimum atomic E-state index is -0.654.